The highest BCUT2D eigenvalue weighted by molar-refractivity contribution is 5.92. The summed E-state index contributed by atoms with van der Waals surface area (Å²) < 4.78 is 5.29. The van der Waals surface area contributed by atoms with Crippen LogP contribution in [-0.2, 0) is 4.79 Å². The summed E-state index contributed by atoms with van der Waals surface area (Å²) in [5, 5.41) is 7.04. The summed E-state index contributed by atoms with van der Waals surface area (Å²) in [6, 6.07) is 2.25. The van der Waals surface area contributed by atoms with Gasteiger partial charge in [-0.3, -0.25) is 9.59 Å². The van der Waals surface area contributed by atoms with Crippen LogP contribution in [0.4, 0.5) is 0 Å². The average molecular weight is 333 g/mol. The maximum atomic E-state index is 12.6. The molecule has 0 spiro atoms. The van der Waals surface area contributed by atoms with Crippen LogP contribution in [0.25, 0.3) is 0 Å². The van der Waals surface area contributed by atoms with E-state index in [1.165, 1.54) is 0 Å². The second-order valence-corrected chi connectivity index (χ2v) is 7.13. The number of hydrogen-bond donors (Lipinski definition) is 1. The molecule has 2 saturated carbocycles. The molecule has 1 aromatic rings. The van der Waals surface area contributed by atoms with E-state index in [-0.39, 0.29) is 23.9 Å². The number of aromatic nitrogens is 1. The zero-order valence-electron chi connectivity index (χ0n) is 14.6. The molecule has 1 aromatic heterocycles. The van der Waals surface area contributed by atoms with Crippen LogP contribution in [0, 0.1) is 0 Å². The van der Waals surface area contributed by atoms with Crippen LogP contribution in [-0.4, -0.2) is 41.0 Å². The summed E-state index contributed by atoms with van der Waals surface area (Å²) in [4.78, 5) is 26.1. The highest BCUT2D eigenvalue weighted by Gasteiger charge is 2.32. The van der Waals surface area contributed by atoms with Crippen LogP contribution in [0.3, 0.4) is 0 Å². The lowest BCUT2D eigenvalue weighted by atomic mass is 9.90. The van der Waals surface area contributed by atoms with E-state index in [2.05, 4.69) is 10.5 Å². The van der Waals surface area contributed by atoms with Gasteiger partial charge < -0.3 is 14.7 Å². The van der Waals surface area contributed by atoms with Crippen LogP contribution in [0.2, 0.25) is 0 Å². The molecule has 0 radical (unpaired) electrons. The fourth-order valence-corrected chi connectivity index (χ4v) is 3.43. The summed E-state index contributed by atoms with van der Waals surface area (Å²) in [6.45, 7) is 2.01. The largest absolute Gasteiger partial charge is 0.360 e. The quantitative estimate of drug-likeness (QED) is 0.868. The van der Waals surface area contributed by atoms with Gasteiger partial charge in [-0.05, 0) is 44.9 Å². The SMILES string of the molecule is CCCC(=O)NC1CCC(N(C)C(=O)c2cc(C3CC3)on2)CC1. The number of carbonyl (C=O) groups is 2. The number of amides is 2. The smallest absolute Gasteiger partial charge is 0.276 e. The zero-order valence-corrected chi connectivity index (χ0v) is 14.6. The zero-order chi connectivity index (χ0) is 17.1. The molecule has 0 aromatic carbocycles. The van der Waals surface area contributed by atoms with Crippen molar-refractivity contribution in [3.8, 4) is 0 Å². The van der Waals surface area contributed by atoms with Gasteiger partial charge in [0.15, 0.2) is 5.69 Å². The third-order valence-corrected chi connectivity index (χ3v) is 5.13. The van der Waals surface area contributed by atoms with Crippen molar-refractivity contribution in [3.63, 3.8) is 0 Å². The Bertz CT molecular complexity index is 586. The molecule has 0 aliphatic heterocycles. The molecule has 1 N–H and O–H groups in total. The molecule has 2 aliphatic carbocycles. The number of rotatable bonds is 6. The van der Waals surface area contributed by atoms with E-state index in [1.807, 2.05) is 14.0 Å². The first-order valence-electron chi connectivity index (χ1n) is 9.11. The summed E-state index contributed by atoms with van der Waals surface area (Å²) >= 11 is 0. The summed E-state index contributed by atoms with van der Waals surface area (Å²) in [5.41, 5.74) is 0.415. The molecule has 2 aliphatic rings. The Balaban J connectivity index is 1.49. The van der Waals surface area contributed by atoms with Crippen molar-refractivity contribution in [3.05, 3.63) is 17.5 Å². The average Bonchev–Trinajstić information content (AvgIpc) is 3.31. The van der Waals surface area contributed by atoms with Crippen molar-refractivity contribution < 1.29 is 14.1 Å². The first-order chi connectivity index (χ1) is 11.6. The lowest BCUT2D eigenvalue weighted by molar-refractivity contribution is -0.122. The van der Waals surface area contributed by atoms with E-state index in [0.717, 1.165) is 50.7 Å². The Morgan fingerprint density at radius 3 is 2.58 bits per heavy atom. The van der Waals surface area contributed by atoms with Crippen LogP contribution in [0.15, 0.2) is 10.6 Å². The van der Waals surface area contributed by atoms with E-state index in [0.29, 0.717) is 18.0 Å². The highest BCUT2D eigenvalue weighted by atomic mass is 16.5. The standard InChI is InChI=1S/C18H27N3O3/c1-3-4-17(22)19-13-7-9-14(10-8-13)21(2)18(23)15-11-16(24-20-15)12-5-6-12/h11-14H,3-10H2,1-2H3,(H,19,22). The Morgan fingerprint density at radius 2 is 1.96 bits per heavy atom. The van der Waals surface area contributed by atoms with Gasteiger partial charge in [-0.2, -0.15) is 0 Å². The minimum absolute atomic E-state index is 0.0656. The summed E-state index contributed by atoms with van der Waals surface area (Å²) in [7, 11) is 1.84. The molecule has 0 bridgehead atoms. The Morgan fingerprint density at radius 1 is 1.25 bits per heavy atom. The molecule has 1 heterocycles. The predicted octanol–water partition coefficient (Wildman–Crippen LogP) is 2.85. The van der Waals surface area contributed by atoms with Crippen LogP contribution < -0.4 is 5.32 Å². The number of hydrogen-bond acceptors (Lipinski definition) is 4. The summed E-state index contributed by atoms with van der Waals surface area (Å²) in [5.74, 6) is 1.38. The van der Waals surface area contributed by atoms with E-state index in [1.54, 1.807) is 11.0 Å². The molecule has 24 heavy (non-hydrogen) atoms. The van der Waals surface area contributed by atoms with Crippen LogP contribution >= 0.6 is 0 Å². The van der Waals surface area contributed by atoms with Crippen LogP contribution in [0.5, 0.6) is 0 Å². The minimum atomic E-state index is -0.0656. The van der Waals surface area contributed by atoms with Crippen molar-refractivity contribution in [1.29, 1.82) is 0 Å². The molecule has 0 unspecified atom stereocenters. The van der Waals surface area contributed by atoms with Crippen molar-refractivity contribution in [2.75, 3.05) is 7.05 Å². The van der Waals surface area contributed by atoms with E-state index >= 15 is 0 Å². The molecule has 6 heteroatoms. The molecule has 132 valence electrons. The van der Waals surface area contributed by atoms with Gasteiger partial charge in [0.25, 0.3) is 5.91 Å². The third-order valence-electron chi connectivity index (χ3n) is 5.13. The molecule has 2 amide bonds. The molecule has 0 saturated heterocycles. The van der Waals surface area contributed by atoms with Gasteiger partial charge in [0.05, 0.1) is 0 Å². The Kier molecular flexibility index (Phi) is 5.21. The van der Waals surface area contributed by atoms with Crippen molar-refractivity contribution in [2.45, 2.75) is 76.3 Å². The van der Waals surface area contributed by atoms with Gasteiger partial charge in [-0.15, -0.1) is 0 Å². The van der Waals surface area contributed by atoms with Gasteiger partial charge in [0.2, 0.25) is 5.91 Å². The first kappa shape index (κ1) is 17.0. The summed E-state index contributed by atoms with van der Waals surface area (Å²) in [6.07, 6.45) is 7.39. The van der Waals surface area contributed by atoms with Gasteiger partial charge in [-0.25, -0.2) is 0 Å². The maximum absolute atomic E-state index is 12.6. The van der Waals surface area contributed by atoms with E-state index in [4.69, 9.17) is 4.52 Å². The molecule has 3 rings (SSSR count). The number of nitrogens with one attached hydrogen (secondary N) is 1. The molecule has 2 fully saturated rings. The van der Waals surface area contributed by atoms with Gasteiger partial charge in [0.1, 0.15) is 5.76 Å². The monoisotopic (exact) mass is 333 g/mol. The molecule has 0 atom stereocenters. The topological polar surface area (TPSA) is 75.4 Å². The maximum Gasteiger partial charge on any atom is 0.276 e. The van der Waals surface area contributed by atoms with Crippen molar-refractivity contribution in [1.82, 2.24) is 15.4 Å². The van der Waals surface area contributed by atoms with E-state index < -0.39 is 0 Å². The van der Waals surface area contributed by atoms with Gasteiger partial charge >= 0.3 is 0 Å². The fraction of sp³-hybridized carbons (Fsp3) is 0.722. The van der Waals surface area contributed by atoms with Crippen molar-refractivity contribution in [2.24, 2.45) is 0 Å². The predicted molar refractivity (Wildman–Crippen MR) is 89.7 cm³/mol. The molecule has 6 nitrogen and oxygen atoms in total. The van der Waals surface area contributed by atoms with E-state index in [9.17, 15) is 9.59 Å². The van der Waals surface area contributed by atoms with Crippen LogP contribution in [0.1, 0.15) is 80.5 Å². The number of nitrogens with zero attached hydrogens (tertiary/aromatic N) is 2. The second kappa shape index (κ2) is 7.36. The van der Waals surface area contributed by atoms with Gasteiger partial charge in [0, 0.05) is 37.5 Å². The minimum Gasteiger partial charge on any atom is -0.360 e. The highest BCUT2D eigenvalue weighted by Crippen LogP contribution is 2.40. The lowest BCUT2D eigenvalue weighted by Crippen LogP contribution is -2.44. The number of carbonyl (C=O) groups excluding carboxylic acids is 2. The lowest BCUT2D eigenvalue weighted by Gasteiger charge is -2.34. The van der Waals surface area contributed by atoms with Crippen molar-refractivity contribution >= 4 is 11.8 Å². The Labute approximate surface area is 142 Å². The molecular formula is C18H27N3O3. The fourth-order valence-electron chi connectivity index (χ4n) is 3.43. The second-order valence-electron chi connectivity index (χ2n) is 7.13. The normalized spacial score (nSPS) is 23.8. The third kappa shape index (κ3) is 3.97. The van der Waals surface area contributed by atoms with Gasteiger partial charge in [-0.1, -0.05) is 12.1 Å². The first-order valence-corrected chi connectivity index (χ1v) is 9.11. The Hall–Kier alpha value is -1.85. The molecular weight excluding hydrogens is 306 g/mol.